The number of hydrogen-bond donors (Lipinski definition) is 0. The average Bonchev–Trinajstić information content (AvgIpc) is 3.13. The summed E-state index contributed by atoms with van der Waals surface area (Å²) in [5.74, 6) is 4.21. The normalized spacial score (nSPS) is 32.1. The van der Waals surface area contributed by atoms with E-state index in [1.165, 1.54) is 49.7 Å². The SMILES string of the molecule is COc1ccc(CO[C@H]2CC[C@H]3[C@@H]4CCc5cc(OC)ccc5[C@H]4CC[C@]23C)cc1. The van der Waals surface area contributed by atoms with Gasteiger partial charge in [0.25, 0.3) is 0 Å². The highest BCUT2D eigenvalue weighted by Gasteiger charge is 2.55. The molecule has 0 N–H and O–H groups in total. The molecule has 3 heteroatoms. The molecule has 0 amide bonds. The third-order valence-corrected chi connectivity index (χ3v) is 8.46. The minimum atomic E-state index is 0.317. The molecule has 0 spiro atoms. The summed E-state index contributed by atoms with van der Waals surface area (Å²) in [5, 5.41) is 0. The van der Waals surface area contributed by atoms with Gasteiger partial charge in [-0.25, -0.2) is 0 Å². The summed E-state index contributed by atoms with van der Waals surface area (Å²) in [5.41, 5.74) is 4.66. The van der Waals surface area contributed by atoms with Crippen molar-refractivity contribution in [2.45, 2.75) is 64.1 Å². The van der Waals surface area contributed by atoms with Gasteiger partial charge in [-0.1, -0.05) is 25.1 Å². The molecule has 3 nitrogen and oxygen atoms in total. The second-order valence-corrected chi connectivity index (χ2v) is 9.75. The molecular weight excluding hydrogens is 372 g/mol. The van der Waals surface area contributed by atoms with E-state index in [0.717, 1.165) is 29.3 Å². The van der Waals surface area contributed by atoms with Gasteiger partial charge in [0.05, 0.1) is 26.9 Å². The van der Waals surface area contributed by atoms with E-state index in [2.05, 4.69) is 37.3 Å². The fourth-order valence-corrected chi connectivity index (χ4v) is 6.83. The molecule has 0 unspecified atom stereocenters. The molecule has 2 saturated carbocycles. The molecule has 3 aliphatic carbocycles. The van der Waals surface area contributed by atoms with Crippen LogP contribution in [0.1, 0.15) is 61.6 Å². The maximum atomic E-state index is 6.56. The smallest absolute Gasteiger partial charge is 0.119 e. The second kappa shape index (κ2) is 7.92. The van der Waals surface area contributed by atoms with Crippen molar-refractivity contribution >= 4 is 0 Å². The van der Waals surface area contributed by atoms with Crippen LogP contribution in [0.4, 0.5) is 0 Å². The minimum Gasteiger partial charge on any atom is -0.497 e. The Morgan fingerprint density at radius 3 is 2.43 bits per heavy atom. The Morgan fingerprint density at radius 1 is 0.900 bits per heavy atom. The molecule has 5 rings (SSSR count). The number of fused-ring (bicyclic) bond motifs is 5. The molecule has 2 aromatic carbocycles. The molecule has 3 aliphatic rings. The van der Waals surface area contributed by atoms with Gasteiger partial charge in [0.1, 0.15) is 11.5 Å². The van der Waals surface area contributed by atoms with E-state index in [1.807, 2.05) is 12.1 Å². The maximum Gasteiger partial charge on any atom is 0.119 e. The van der Waals surface area contributed by atoms with Crippen LogP contribution in [-0.2, 0) is 17.8 Å². The van der Waals surface area contributed by atoms with E-state index < -0.39 is 0 Å². The van der Waals surface area contributed by atoms with Crippen LogP contribution in [0.3, 0.4) is 0 Å². The van der Waals surface area contributed by atoms with Gasteiger partial charge in [-0.15, -0.1) is 0 Å². The zero-order valence-corrected chi connectivity index (χ0v) is 18.5. The van der Waals surface area contributed by atoms with Gasteiger partial charge < -0.3 is 14.2 Å². The van der Waals surface area contributed by atoms with Crippen molar-refractivity contribution in [3.05, 3.63) is 59.2 Å². The van der Waals surface area contributed by atoms with Gasteiger partial charge in [0, 0.05) is 0 Å². The molecular formula is C27H34O3. The molecule has 5 atom stereocenters. The third-order valence-electron chi connectivity index (χ3n) is 8.46. The molecule has 2 aromatic rings. The van der Waals surface area contributed by atoms with E-state index in [0.29, 0.717) is 18.1 Å². The minimum absolute atomic E-state index is 0.317. The Kier molecular flexibility index (Phi) is 5.26. The molecule has 2 fully saturated rings. The van der Waals surface area contributed by atoms with Crippen molar-refractivity contribution in [3.63, 3.8) is 0 Å². The number of methoxy groups -OCH3 is 2. The molecule has 0 radical (unpaired) electrons. The first-order valence-electron chi connectivity index (χ1n) is 11.5. The van der Waals surface area contributed by atoms with Crippen LogP contribution in [0.5, 0.6) is 11.5 Å². The van der Waals surface area contributed by atoms with Crippen LogP contribution in [0.2, 0.25) is 0 Å². The molecule has 0 aliphatic heterocycles. The Hall–Kier alpha value is -2.00. The lowest BCUT2D eigenvalue weighted by molar-refractivity contribution is -0.0707. The second-order valence-electron chi connectivity index (χ2n) is 9.75. The van der Waals surface area contributed by atoms with E-state index in [4.69, 9.17) is 14.2 Å². The standard InChI is InChI=1S/C27H34O3/c1-27-15-14-23-22-11-9-21(29-3)16-19(22)6-10-24(23)25(27)12-13-26(27)30-17-18-4-7-20(28-2)8-5-18/h4-5,7-9,11,16,23-26H,6,10,12-15,17H2,1-3H3/t23-,24-,25+,26+,27+/m1/s1. The maximum absolute atomic E-state index is 6.56. The summed E-state index contributed by atoms with van der Waals surface area (Å²) in [6, 6.07) is 15.1. The first kappa shape index (κ1) is 19.9. The van der Waals surface area contributed by atoms with Gasteiger partial charge in [-0.2, -0.15) is 0 Å². The van der Waals surface area contributed by atoms with Crippen molar-refractivity contribution in [3.8, 4) is 11.5 Å². The molecule has 0 heterocycles. The van der Waals surface area contributed by atoms with Crippen molar-refractivity contribution in [1.82, 2.24) is 0 Å². The first-order valence-corrected chi connectivity index (χ1v) is 11.5. The van der Waals surface area contributed by atoms with Gasteiger partial charge in [-0.05, 0) is 103 Å². The Bertz CT molecular complexity index is 889. The summed E-state index contributed by atoms with van der Waals surface area (Å²) in [6.45, 7) is 3.22. The average molecular weight is 407 g/mol. The number of aryl methyl sites for hydroxylation is 1. The molecule has 160 valence electrons. The van der Waals surface area contributed by atoms with Crippen molar-refractivity contribution in [2.24, 2.45) is 17.3 Å². The van der Waals surface area contributed by atoms with Crippen LogP contribution < -0.4 is 9.47 Å². The summed E-state index contributed by atoms with van der Waals surface area (Å²) in [6.07, 6.45) is 7.97. The molecule has 0 bridgehead atoms. The fraction of sp³-hybridized carbons (Fsp3) is 0.556. The quantitative estimate of drug-likeness (QED) is 0.596. The molecule has 0 saturated heterocycles. The van der Waals surface area contributed by atoms with Gasteiger partial charge in [-0.3, -0.25) is 0 Å². The lowest BCUT2D eigenvalue weighted by atomic mass is 9.55. The summed E-state index contributed by atoms with van der Waals surface area (Å²) in [7, 11) is 3.48. The highest BCUT2D eigenvalue weighted by atomic mass is 16.5. The van der Waals surface area contributed by atoms with E-state index in [9.17, 15) is 0 Å². The van der Waals surface area contributed by atoms with Crippen LogP contribution in [-0.4, -0.2) is 20.3 Å². The Morgan fingerprint density at radius 2 is 1.67 bits per heavy atom. The van der Waals surface area contributed by atoms with E-state index in [1.54, 1.807) is 19.8 Å². The van der Waals surface area contributed by atoms with E-state index >= 15 is 0 Å². The molecule has 30 heavy (non-hydrogen) atoms. The van der Waals surface area contributed by atoms with Crippen LogP contribution in [0.15, 0.2) is 42.5 Å². The largest absolute Gasteiger partial charge is 0.497 e. The summed E-state index contributed by atoms with van der Waals surface area (Å²) >= 11 is 0. The van der Waals surface area contributed by atoms with Crippen molar-refractivity contribution < 1.29 is 14.2 Å². The van der Waals surface area contributed by atoms with Gasteiger partial charge >= 0.3 is 0 Å². The molecule has 0 aromatic heterocycles. The zero-order chi connectivity index (χ0) is 20.7. The van der Waals surface area contributed by atoms with Crippen molar-refractivity contribution in [1.29, 1.82) is 0 Å². The summed E-state index contributed by atoms with van der Waals surface area (Å²) < 4.78 is 17.3. The lowest BCUT2D eigenvalue weighted by Crippen LogP contribution is -2.44. The third kappa shape index (κ3) is 3.32. The van der Waals surface area contributed by atoms with Crippen LogP contribution >= 0.6 is 0 Å². The number of benzene rings is 2. The fourth-order valence-electron chi connectivity index (χ4n) is 6.83. The van der Waals surface area contributed by atoms with Crippen LogP contribution in [0, 0.1) is 17.3 Å². The van der Waals surface area contributed by atoms with E-state index in [-0.39, 0.29) is 0 Å². The summed E-state index contributed by atoms with van der Waals surface area (Å²) in [4.78, 5) is 0. The van der Waals surface area contributed by atoms with Crippen LogP contribution in [0.25, 0.3) is 0 Å². The Balaban J connectivity index is 1.30. The highest BCUT2D eigenvalue weighted by molar-refractivity contribution is 5.40. The topological polar surface area (TPSA) is 27.7 Å². The van der Waals surface area contributed by atoms with Gasteiger partial charge in [0.15, 0.2) is 0 Å². The Labute approximate surface area is 180 Å². The zero-order valence-electron chi connectivity index (χ0n) is 18.5. The van der Waals surface area contributed by atoms with Gasteiger partial charge in [0.2, 0.25) is 0 Å². The monoisotopic (exact) mass is 406 g/mol. The number of hydrogen-bond acceptors (Lipinski definition) is 3. The van der Waals surface area contributed by atoms with Crippen molar-refractivity contribution in [2.75, 3.05) is 14.2 Å². The predicted molar refractivity (Wildman–Crippen MR) is 119 cm³/mol. The predicted octanol–water partition coefficient (Wildman–Crippen LogP) is 6.15. The number of rotatable bonds is 5. The number of ether oxygens (including phenoxy) is 3. The highest BCUT2D eigenvalue weighted by Crippen LogP contribution is 2.61. The first-order chi connectivity index (χ1) is 14.6. The lowest BCUT2D eigenvalue weighted by Gasteiger charge is -2.50.